The van der Waals surface area contributed by atoms with Crippen molar-refractivity contribution < 1.29 is 19.4 Å². The number of benzene rings is 1. The van der Waals surface area contributed by atoms with Gasteiger partial charge in [0.15, 0.2) is 0 Å². The van der Waals surface area contributed by atoms with Crippen LogP contribution in [0.4, 0.5) is 5.69 Å². The number of aliphatic carboxylic acids is 1. The van der Waals surface area contributed by atoms with Crippen LogP contribution in [0.15, 0.2) is 18.2 Å². The lowest BCUT2D eigenvalue weighted by Crippen LogP contribution is -2.24. The summed E-state index contributed by atoms with van der Waals surface area (Å²) in [7, 11) is 1.54. The molecule has 1 aromatic rings. The smallest absolute Gasteiger partial charge is 0.307 e. The third-order valence-corrected chi connectivity index (χ3v) is 2.96. The van der Waals surface area contributed by atoms with Gasteiger partial charge in [-0.25, -0.2) is 0 Å². The molecule has 0 atom stereocenters. The SMILES string of the molecule is COc1ccc(CC(=O)O)cc1N1CCCC1=O. The van der Waals surface area contributed by atoms with Crippen LogP contribution in [-0.4, -0.2) is 30.6 Å². The first-order valence-corrected chi connectivity index (χ1v) is 5.81. The summed E-state index contributed by atoms with van der Waals surface area (Å²) in [6, 6.07) is 5.13. The molecule has 0 saturated carbocycles. The highest BCUT2D eigenvalue weighted by Crippen LogP contribution is 2.32. The topological polar surface area (TPSA) is 66.8 Å². The fraction of sp³-hybridized carbons (Fsp3) is 0.385. The molecule has 2 rings (SSSR count). The van der Waals surface area contributed by atoms with Crippen molar-refractivity contribution in [2.24, 2.45) is 0 Å². The fourth-order valence-electron chi connectivity index (χ4n) is 2.13. The Kier molecular flexibility index (Phi) is 3.50. The molecule has 0 aromatic heterocycles. The molecule has 5 nitrogen and oxygen atoms in total. The van der Waals surface area contributed by atoms with Gasteiger partial charge in [-0.15, -0.1) is 0 Å². The van der Waals surface area contributed by atoms with Crippen molar-refractivity contribution in [3.8, 4) is 5.75 Å². The maximum atomic E-state index is 11.7. The number of amides is 1. The summed E-state index contributed by atoms with van der Waals surface area (Å²) >= 11 is 0. The van der Waals surface area contributed by atoms with E-state index in [-0.39, 0.29) is 12.3 Å². The van der Waals surface area contributed by atoms with Crippen LogP contribution >= 0.6 is 0 Å². The van der Waals surface area contributed by atoms with Crippen LogP contribution in [0, 0.1) is 0 Å². The molecule has 18 heavy (non-hydrogen) atoms. The molecule has 5 heteroatoms. The van der Waals surface area contributed by atoms with Gasteiger partial charge >= 0.3 is 5.97 Å². The molecular formula is C13H15NO4. The number of carboxylic acids is 1. The average molecular weight is 249 g/mol. The molecule has 1 fully saturated rings. The van der Waals surface area contributed by atoms with Gasteiger partial charge in [0.25, 0.3) is 0 Å². The molecule has 0 radical (unpaired) electrons. The Hall–Kier alpha value is -2.04. The first-order chi connectivity index (χ1) is 8.61. The molecule has 1 N–H and O–H groups in total. The van der Waals surface area contributed by atoms with Gasteiger partial charge in [-0.2, -0.15) is 0 Å². The van der Waals surface area contributed by atoms with Crippen LogP contribution in [0.2, 0.25) is 0 Å². The molecule has 0 aliphatic carbocycles. The summed E-state index contributed by atoms with van der Waals surface area (Å²) in [4.78, 5) is 24.1. The third kappa shape index (κ3) is 2.45. The largest absolute Gasteiger partial charge is 0.495 e. The van der Waals surface area contributed by atoms with E-state index in [2.05, 4.69) is 0 Å². The summed E-state index contributed by atoms with van der Waals surface area (Å²) in [5.74, 6) is -0.237. The minimum atomic E-state index is -0.890. The Bertz CT molecular complexity index is 484. The highest BCUT2D eigenvalue weighted by Gasteiger charge is 2.24. The monoisotopic (exact) mass is 249 g/mol. The Labute approximate surface area is 105 Å². The molecule has 0 spiro atoms. The Morgan fingerprint density at radius 2 is 2.28 bits per heavy atom. The highest BCUT2D eigenvalue weighted by molar-refractivity contribution is 5.97. The van der Waals surface area contributed by atoms with Gasteiger partial charge in [0.1, 0.15) is 5.75 Å². The molecule has 1 amide bonds. The number of methoxy groups -OCH3 is 1. The zero-order chi connectivity index (χ0) is 13.1. The second-order valence-electron chi connectivity index (χ2n) is 4.23. The van der Waals surface area contributed by atoms with Crippen LogP contribution in [0.1, 0.15) is 18.4 Å². The van der Waals surface area contributed by atoms with Gasteiger partial charge in [-0.05, 0) is 24.1 Å². The molecule has 1 aliphatic heterocycles. The molecule has 96 valence electrons. The maximum Gasteiger partial charge on any atom is 0.307 e. The van der Waals surface area contributed by atoms with Crippen molar-refractivity contribution in [2.75, 3.05) is 18.6 Å². The van der Waals surface area contributed by atoms with E-state index in [0.717, 1.165) is 6.42 Å². The Morgan fingerprint density at radius 3 is 2.83 bits per heavy atom. The lowest BCUT2D eigenvalue weighted by molar-refractivity contribution is -0.136. The lowest BCUT2D eigenvalue weighted by Gasteiger charge is -2.19. The second-order valence-corrected chi connectivity index (χ2v) is 4.23. The summed E-state index contributed by atoms with van der Waals surface area (Å²) in [5.41, 5.74) is 1.33. The summed E-state index contributed by atoms with van der Waals surface area (Å²) in [5, 5.41) is 8.79. The van der Waals surface area contributed by atoms with E-state index < -0.39 is 5.97 Å². The second kappa shape index (κ2) is 5.08. The summed E-state index contributed by atoms with van der Waals surface area (Å²) in [6.45, 7) is 0.658. The number of carbonyl (C=O) groups excluding carboxylic acids is 1. The van der Waals surface area contributed by atoms with E-state index in [0.29, 0.717) is 30.0 Å². The molecular weight excluding hydrogens is 234 g/mol. The van der Waals surface area contributed by atoms with Gasteiger partial charge in [0.2, 0.25) is 5.91 Å². The number of carboxylic acid groups (broad SMARTS) is 1. The van der Waals surface area contributed by atoms with E-state index in [9.17, 15) is 9.59 Å². The molecule has 1 aliphatic rings. The van der Waals surface area contributed by atoms with E-state index in [1.54, 1.807) is 23.1 Å². The zero-order valence-electron chi connectivity index (χ0n) is 10.2. The quantitative estimate of drug-likeness (QED) is 0.877. The van der Waals surface area contributed by atoms with Crippen LogP contribution in [0.3, 0.4) is 0 Å². The number of hydrogen-bond acceptors (Lipinski definition) is 3. The summed E-state index contributed by atoms with van der Waals surface area (Å²) in [6.07, 6.45) is 1.30. The Balaban J connectivity index is 2.35. The molecule has 1 heterocycles. The normalized spacial score (nSPS) is 14.9. The van der Waals surface area contributed by atoms with E-state index >= 15 is 0 Å². The number of carbonyl (C=O) groups is 2. The number of anilines is 1. The fourth-order valence-corrected chi connectivity index (χ4v) is 2.13. The van der Waals surface area contributed by atoms with Crippen molar-refractivity contribution in [2.45, 2.75) is 19.3 Å². The predicted molar refractivity (Wildman–Crippen MR) is 65.9 cm³/mol. The maximum absolute atomic E-state index is 11.7. The van der Waals surface area contributed by atoms with Crippen molar-refractivity contribution in [1.29, 1.82) is 0 Å². The summed E-state index contributed by atoms with van der Waals surface area (Å²) < 4.78 is 5.22. The first-order valence-electron chi connectivity index (χ1n) is 5.81. The van der Waals surface area contributed by atoms with Crippen molar-refractivity contribution in [3.05, 3.63) is 23.8 Å². The predicted octanol–water partition coefficient (Wildman–Crippen LogP) is 1.45. The molecule has 1 saturated heterocycles. The first kappa shape index (κ1) is 12.4. The zero-order valence-corrected chi connectivity index (χ0v) is 10.2. The van der Waals surface area contributed by atoms with Crippen LogP contribution in [-0.2, 0) is 16.0 Å². The van der Waals surface area contributed by atoms with Gasteiger partial charge in [-0.3, -0.25) is 9.59 Å². The molecule has 1 aromatic carbocycles. The van der Waals surface area contributed by atoms with Gasteiger partial charge in [0.05, 0.1) is 19.2 Å². The van der Waals surface area contributed by atoms with Crippen molar-refractivity contribution in [1.82, 2.24) is 0 Å². The minimum absolute atomic E-state index is 0.0563. The van der Waals surface area contributed by atoms with Crippen LogP contribution in [0.25, 0.3) is 0 Å². The third-order valence-electron chi connectivity index (χ3n) is 2.96. The molecule has 0 bridgehead atoms. The highest BCUT2D eigenvalue weighted by atomic mass is 16.5. The minimum Gasteiger partial charge on any atom is -0.495 e. The lowest BCUT2D eigenvalue weighted by atomic mass is 10.1. The van der Waals surface area contributed by atoms with Gasteiger partial charge in [-0.1, -0.05) is 6.07 Å². The van der Waals surface area contributed by atoms with E-state index in [1.165, 1.54) is 7.11 Å². The average Bonchev–Trinajstić information content (AvgIpc) is 2.74. The Morgan fingerprint density at radius 1 is 1.50 bits per heavy atom. The van der Waals surface area contributed by atoms with Crippen LogP contribution in [0.5, 0.6) is 5.75 Å². The molecule has 0 unspecified atom stereocenters. The number of rotatable bonds is 4. The van der Waals surface area contributed by atoms with Gasteiger partial charge in [0, 0.05) is 13.0 Å². The van der Waals surface area contributed by atoms with Crippen molar-refractivity contribution in [3.63, 3.8) is 0 Å². The van der Waals surface area contributed by atoms with E-state index in [1.807, 2.05) is 0 Å². The number of nitrogens with zero attached hydrogens (tertiary/aromatic N) is 1. The number of ether oxygens (including phenoxy) is 1. The van der Waals surface area contributed by atoms with Crippen LogP contribution < -0.4 is 9.64 Å². The standard InChI is InChI=1S/C13H15NO4/c1-18-11-5-4-9(8-13(16)17)7-10(11)14-6-2-3-12(14)15/h4-5,7H,2-3,6,8H2,1H3,(H,16,17). The van der Waals surface area contributed by atoms with E-state index in [4.69, 9.17) is 9.84 Å². The van der Waals surface area contributed by atoms with Gasteiger partial charge < -0.3 is 14.7 Å². The van der Waals surface area contributed by atoms with Crippen molar-refractivity contribution >= 4 is 17.6 Å². The number of hydrogen-bond donors (Lipinski definition) is 1.